The lowest BCUT2D eigenvalue weighted by molar-refractivity contribution is -0.145. The van der Waals surface area contributed by atoms with Gasteiger partial charge < -0.3 is 9.47 Å². The van der Waals surface area contributed by atoms with Gasteiger partial charge in [0.15, 0.2) is 0 Å². The van der Waals surface area contributed by atoms with Crippen LogP contribution in [0.25, 0.3) is 0 Å². The summed E-state index contributed by atoms with van der Waals surface area (Å²) in [5.41, 5.74) is 0.106. The highest BCUT2D eigenvalue weighted by Gasteiger charge is 2.13. The van der Waals surface area contributed by atoms with E-state index in [0.717, 1.165) is 12.8 Å². The van der Waals surface area contributed by atoms with E-state index in [1.807, 2.05) is 26.0 Å². The summed E-state index contributed by atoms with van der Waals surface area (Å²) in [6, 6.07) is 0. The minimum atomic E-state index is -0.568. The zero-order valence-corrected chi connectivity index (χ0v) is 11.7. The minimum absolute atomic E-state index is 0.106. The second-order valence-corrected chi connectivity index (χ2v) is 3.82. The smallest absolute Gasteiger partial charge is 0.334 e. The largest absolute Gasteiger partial charge is 0.461 e. The van der Waals surface area contributed by atoms with Gasteiger partial charge in [0.05, 0.1) is 6.42 Å². The zero-order chi connectivity index (χ0) is 14.5. The van der Waals surface area contributed by atoms with Crippen LogP contribution in [0.2, 0.25) is 0 Å². The lowest BCUT2D eigenvalue weighted by atomic mass is 10.2. The lowest BCUT2D eigenvalue weighted by Gasteiger charge is -2.05. The third-order valence-electron chi connectivity index (χ3n) is 2.10. The molecular formula is C15H22O4. The summed E-state index contributed by atoms with van der Waals surface area (Å²) < 4.78 is 9.80. The number of hydrogen-bond donors (Lipinski definition) is 0. The van der Waals surface area contributed by atoms with Crippen LogP contribution in [-0.2, 0) is 19.1 Å². The topological polar surface area (TPSA) is 52.6 Å². The van der Waals surface area contributed by atoms with Crippen LogP contribution >= 0.6 is 0 Å². The Balaban J connectivity index is 3.88. The number of carbonyl (C=O) groups is 2. The van der Waals surface area contributed by atoms with E-state index in [4.69, 9.17) is 9.47 Å². The van der Waals surface area contributed by atoms with Gasteiger partial charge in [0.2, 0.25) is 0 Å². The highest BCUT2D eigenvalue weighted by Crippen LogP contribution is 2.03. The maximum atomic E-state index is 11.4. The molecule has 0 aliphatic carbocycles. The van der Waals surface area contributed by atoms with Gasteiger partial charge in [-0.2, -0.15) is 0 Å². The van der Waals surface area contributed by atoms with Crippen molar-refractivity contribution < 1.29 is 19.1 Å². The molecule has 106 valence electrons. The number of carbonyl (C=O) groups excluding carboxylic acids is 2. The summed E-state index contributed by atoms with van der Waals surface area (Å²) in [5, 5.41) is 0. The van der Waals surface area contributed by atoms with Crippen LogP contribution in [0.5, 0.6) is 0 Å². The highest BCUT2D eigenvalue weighted by atomic mass is 16.5. The molecule has 0 aliphatic heterocycles. The predicted octanol–water partition coefficient (Wildman–Crippen LogP) is 2.95. The van der Waals surface area contributed by atoms with Gasteiger partial charge in [0.25, 0.3) is 0 Å². The van der Waals surface area contributed by atoms with Crippen molar-refractivity contribution in [3.05, 3.63) is 36.5 Å². The summed E-state index contributed by atoms with van der Waals surface area (Å²) in [6.45, 7) is 7.91. The fourth-order valence-electron chi connectivity index (χ4n) is 1.13. The quantitative estimate of drug-likeness (QED) is 0.366. The molecule has 0 spiro atoms. The van der Waals surface area contributed by atoms with Crippen molar-refractivity contribution in [3.8, 4) is 0 Å². The van der Waals surface area contributed by atoms with Crippen molar-refractivity contribution >= 4 is 11.9 Å². The molecule has 0 aromatic heterocycles. The molecule has 0 aliphatic rings. The maximum Gasteiger partial charge on any atom is 0.334 e. The van der Waals surface area contributed by atoms with E-state index >= 15 is 0 Å². The second-order valence-electron chi connectivity index (χ2n) is 3.82. The molecule has 0 aromatic rings. The van der Waals surface area contributed by atoms with Crippen LogP contribution in [0.4, 0.5) is 0 Å². The first-order chi connectivity index (χ1) is 9.11. The summed E-state index contributed by atoms with van der Waals surface area (Å²) in [5.74, 6) is -1.05. The number of allylic oxidation sites excluding steroid dienone is 2. The predicted molar refractivity (Wildman–Crippen MR) is 74.5 cm³/mol. The monoisotopic (exact) mass is 266 g/mol. The highest BCUT2D eigenvalue weighted by molar-refractivity contribution is 5.93. The minimum Gasteiger partial charge on any atom is -0.461 e. The van der Waals surface area contributed by atoms with Crippen LogP contribution < -0.4 is 0 Å². The maximum absolute atomic E-state index is 11.4. The normalized spacial score (nSPS) is 10.8. The molecule has 0 atom stereocenters. The summed E-state index contributed by atoms with van der Waals surface area (Å²) in [4.78, 5) is 22.8. The number of ether oxygens (including phenoxy) is 2. The molecule has 0 rings (SSSR count). The molecule has 0 radical (unpaired) electrons. The van der Waals surface area contributed by atoms with Crippen molar-refractivity contribution in [1.82, 2.24) is 0 Å². The molecule has 0 unspecified atom stereocenters. The van der Waals surface area contributed by atoms with Crippen molar-refractivity contribution in [1.29, 1.82) is 0 Å². The van der Waals surface area contributed by atoms with E-state index in [0.29, 0.717) is 0 Å². The van der Waals surface area contributed by atoms with E-state index in [-0.39, 0.29) is 25.2 Å². The van der Waals surface area contributed by atoms with Crippen molar-refractivity contribution in [3.63, 3.8) is 0 Å². The van der Waals surface area contributed by atoms with Gasteiger partial charge in [-0.1, -0.05) is 44.7 Å². The number of rotatable bonds is 9. The fraction of sp³-hybridized carbons (Fsp3) is 0.467. The van der Waals surface area contributed by atoms with Gasteiger partial charge in [0.1, 0.15) is 13.2 Å². The molecule has 0 heterocycles. The van der Waals surface area contributed by atoms with Crippen LogP contribution in [0.1, 0.15) is 33.1 Å². The van der Waals surface area contributed by atoms with Crippen LogP contribution in [0.3, 0.4) is 0 Å². The molecule has 19 heavy (non-hydrogen) atoms. The van der Waals surface area contributed by atoms with Crippen LogP contribution in [-0.4, -0.2) is 25.2 Å². The molecule has 0 saturated heterocycles. The van der Waals surface area contributed by atoms with Gasteiger partial charge in [-0.15, -0.1) is 0 Å². The molecule has 0 aromatic carbocycles. The number of hydrogen-bond acceptors (Lipinski definition) is 4. The third-order valence-corrected chi connectivity index (χ3v) is 2.10. The first-order valence-corrected chi connectivity index (χ1v) is 6.42. The Morgan fingerprint density at radius 3 is 2.00 bits per heavy atom. The summed E-state index contributed by atoms with van der Waals surface area (Å²) in [6.07, 6.45) is 8.93. The van der Waals surface area contributed by atoms with Gasteiger partial charge >= 0.3 is 11.9 Å². The molecule has 0 N–H and O–H groups in total. The lowest BCUT2D eigenvalue weighted by Crippen LogP contribution is -2.13. The Hall–Kier alpha value is -1.84. The summed E-state index contributed by atoms with van der Waals surface area (Å²) >= 11 is 0. The molecule has 4 nitrogen and oxygen atoms in total. The molecule has 0 fully saturated rings. The average molecular weight is 266 g/mol. The van der Waals surface area contributed by atoms with Gasteiger partial charge in [-0.05, 0) is 12.8 Å². The molecule has 0 bridgehead atoms. The Kier molecular flexibility index (Phi) is 10.2. The van der Waals surface area contributed by atoms with Crippen molar-refractivity contribution in [2.75, 3.05) is 13.2 Å². The van der Waals surface area contributed by atoms with E-state index < -0.39 is 11.9 Å². The SMILES string of the molecule is C=C(CC(=O)OCC=CCC)C(=O)OCC=CCC. The van der Waals surface area contributed by atoms with Crippen molar-refractivity contribution in [2.24, 2.45) is 0 Å². The van der Waals surface area contributed by atoms with Crippen molar-refractivity contribution in [2.45, 2.75) is 33.1 Å². The fourth-order valence-corrected chi connectivity index (χ4v) is 1.13. The van der Waals surface area contributed by atoms with E-state index in [9.17, 15) is 9.59 Å². The van der Waals surface area contributed by atoms with Crippen LogP contribution in [0.15, 0.2) is 36.5 Å². The second kappa shape index (κ2) is 11.3. The first-order valence-electron chi connectivity index (χ1n) is 6.42. The van der Waals surface area contributed by atoms with Crippen LogP contribution in [0, 0.1) is 0 Å². The van der Waals surface area contributed by atoms with Gasteiger partial charge in [-0.25, -0.2) is 4.79 Å². The Bertz CT molecular complexity index is 353. The molecule has 0 saturated carbocycles. The molecule has 0 amide bonds. The Morgan fingerprint density at radius 2 is 1.47 bits per heavy atom. The zero-order valence-electron chi connectivity index (χ0n) is 11.7. The van der Waals surface area contributed by atoms with Gasteiger partial charge in [-0.3, -0.25) is 4.79 Å². The van der Waals surface area contributed by atoms with Gasteiger partial charge in [0, 0.05) is 5.57 Å². The van der Waals surface area contributed by atoms with E-state index in [1.165, 1.54) is 0 Å². The standard InChI is InChI=1S/C15H22O4/c1-4-6-8-10-18-14(16)12-13(3)15(17)19-11-9-7-5-2/h6-9H,3-5,10-12H2,1-2H3. The van der Waals surface area contributed by atoms with E-state index in [2.05, 4.69) is 6.58 Å². The Labute approximate surface area is 114 Å². The first kappa shape index (κ1) is 17.2. The number of esters is 2. The Morgan fingerprint density at radius 1 is 0.947 bits per heavy atom. The molecular weight excluding hydrogens is 244 g/mol. The third kappa shape index (κ3) is 9.83. The molecule has 4 heteroatoms. The average Bonchev–Trinajstić information content (AvgIpc) is 2.39. The van der Waals surface area contributed by atoms with E-state index in [1.54, 1.807) is 12.2 Å². The summed E-state index contributed by atoms with van der Waals surface area (Å²) in [7, 11) is 0.